The molecule has 0 radical (unpaired) electrons. The molecular formula is C14H19NO2S. The number of carbonyl (C=O) groups is 1. The van der Waals surface area contributed by atoms with E-state index in [0.717, 1.165) is 25.9 Å². The van der Waals surface area contributed by atoms with Crippen molar-refractivity contribution >= 4 is 17.2 Å². The highest BCUT2D eigenvalue weighted by atomic mass is 32.1. The lowest BCUT2D eigenvalue weighted by Crippen LogP contribution is -2.46. The zero-order valence-electron chi connectivity index (χ0n) is 10.5. The Morgan fingerprint density at radius 1 is 1.44 bits per heavy atom. The van der Waals surface area contributed by atoms with Crippen molar-refractivity contribution in [1.82, 2.24) is 5.32 Å². The second-order valence-electron chi connectivity index (χ2n) is 5.32. The first-order chi connectivity index (χ1) is 8.80. The molecule has 1 aromatic heterocycles. The van der Waals surface area contributed by atoms with E-state index >= 15 is 0 Å². The molecule has 1 amide bonds. The lowest BCUT2D eigenvalue weighted by Gasteiger charge is -2.30. The van der Waals surface area contributed by atoms with E-state index in [2.05, 4.69) is 22.8 Å². The molecule has 1 saturated carbocycles. The summed E-state index contributed by atoms with van der Waals surface area (Å²) in [7, 11) is 0. The molecule has 3 nitrogen and oxygen atoms in total. The number of rotatable bonds is 3. The summed E-state index contributed by atoms with van der Waals surface area (Å²) in [6, 6.07) is 4.23. The molecule has 4 heteroatoms. The van der Waals surface area contributed by atoms with Gasteiger partial charge >= 0.3 is 0 Å². The van der Waals surface area contributed by atoms with E-state index in [4.69, 9.17) is 4.74 Å². The summed E-state index contributed by atoms with van der Waals surface area (Å²) < 4.78 is 5.31. The summed E-state index contributed by atoms with van der Waals surface area (Å²) >= 11 is 1.76. The molecule has 1 N–H and O–H groups in total. The predicted octanol–water partition coefficient (Wildman–Crippen LogP) is 2.67. The quantitative estimate of drug-likeness (QED) is 0.912. The van der Waals surface area contributed by atoms with Crippen molar-refractivity contribution in [2.45, 2.75) is 37.6 Å². The van der Waals surface area contributed by atoms with Gasteiger partial charge in [0.05, 0.1) is 18.1 Å². The monoisotopic (exact) mass is 265 g/mol. The van der Waals surface area contributed by atoms with E-state index < -0.39 is 0 Å². The van der Waals surface area contributed by atoms with Crippen LogP contribution in [0.2, 0.25) is 0 Å². The maximum atomic E-state index is 12.3. The highest BCUT2D eigenvalue weighted by molar-refractivity contribution is 7.10. The van der Waals surface area contributed by atoms with E-state index in [0.29, 0.717) is 6.61 Å². The number of hydrogen-bond acceptors (Lipinski definition) is 3. The van der Waals surface area contributed by atoms with Gasteiger partial charge in [0.2, 0.25) is 5.91 Å². The third-order valence-corrected chi connectivity index (χ3v) is 5.19. The van der Waals surface area contributed by atoms with Crippen LogP contribution >= 0.6 is 11.3 Å². The minimum atomic E-state index is -0.0894. The Hall–Kier alpha value is -0.870. The van der Waals surface area contributed by atoms with Crippen LogP contribution in [0.3, 0.4) is 0 Å². The second-order valence-corrected chi connectivity index (χ2v) is 6.26. The van der Waals surface area contributed by atoms with Gasteiger partial charge in [0, 0.05) is 11.5 Å². The molecule has 18 heavy (non-hydrogen) atoms. The predicted molar refractivity (Wildman–Crippen MR) is 71.5 cm³/mol. The number of nitrogens with one attached hydrogen (secondary N) is 1. The summed E-state index contributed by atoms with van der Waals surface area (Å²) in [5.74, 6) is 0.241. The number of amides is 1. The average molecular weight is 265 g/mol. The molecule has 0 aromatic carbocycles. The van der Waals surface area contributed by atoms with Crippen LogP contribution in [0.15, 0.2) is 17.5 Å². The van der Waals surface area contributed by atoms with Crippen molar-refractivity contribution < 1.29 is 9.53 Å². The lowest BCUT2D eigenvalue weighted by atomic mass is 9.94. The summed E-state index contributed by atoms with van der Waals surface area (Å²) in [6.45, 7) is 1.32. The first-order valence-corrected chi connectivity index (χ1v) is 7.62. The molecule has 3 rings (SSSR count). The third-order valence-electron chi connectivity index (χ3n) is 4.11. The normalized spacial score (nSPS) is 26.3. The second kappa shape index (κ2) is 5.02. The molecule has 1 aromatic rings. The maximum Gasteiger partial charge on any atom is 0.226 e. The first-order valence-electron chi connectivity index (χ1n) is 6.74. The van der Waals surface area contributed by atoms with Crippen molar-refractivity contribution in [3.63, 3.8) is 0 Å². The van der Waals surface area contributed by atoms with Crippen LogP contribution in [0.1, 0.15) is 37.0 Å². The van der Waals surface area contributed by atoms with E-state index in [1.807, 2.05) is 0 Å². The molecule has 0 unspecified atom stereocenters. The molecule has 98 valence electrons. The van der Waals surface area contributed by atoms with E-state index in [1.165, 1.54) is 17.7 Å². The van der Waals surface area contributed by atoms with Gasteiger partial charge in [-0.3, -0.25) is 4.79 Å². The standard InChI is InChI=1S/C14H19NO2S/c16-13(11-5-8-17-10-11)15-14(6-1-2-7-14)12-4-3-9-18-12/h3-4,9,11H,1-2,5-8,10H2,(H,15,16)/t11-/m0/s1. The number of hydrogen-bond donors (Lipinski definition) is 1. The maximum absolute atomic E-state index is 12.3. The minimum absolute atomic E-state index is 0.0578. The largest absolute Gasteiger partial charge is 0.381 e. The fourth-order valence-electron chi connectivity index (χ4n) is 3.04. The Bertz CT molecular complexity index is 403. The van der Waals surface area contributed by atoms with Gasteiger partial charge in [-0.15, -0.1) is 11.3 Å². The Balaban J connectivity index is 1.76. The minimum Gasteiger partial charge on any atom is -0.381 e. The zero-order valence-corrected chi connectivity index (χ0v) is 11.3. The molecule has 0 spiro atoms. The topological polar surface area (TPSA) is 38.3 Å². The molecule has 2 heterocycles. The fraction of sp³-hybridized carbons (Fsp3) is 0.643. The zero-order chi connectivity index (χ0) is 12.4. The van der Waals surface area contributed by atoms with Crippen LogP contribution in [0.25, 0.3) is 0 Å². The van der Waals surface area contributed by atoms with E-state index in [-0.39, 0.29) is 17.4 Å². The van der Waals surface area contributed by atoms with Crippen molar-refractivity contribution in [3.8, 4) is 0 Å². The van der Waals surface area contributed by atoms with Gasteiger partial charge in [0.25, 0.3) is 0 Å². The van der Waals surface area contributed by atoms with Gasteiger partial charge in [-0.2, -0.15) is 0 Å². The molecule has 1 saturated heterocycles. The Labute approximate surface area is 112 Å². The average Bonchev–Trinajstić information content (AvgIpc) is 3.12. The van der Waals surface area contributed by atoms with E-state index in [1.54, 1.807) is 11.3 Å². The van der Waals surface area contributed by atoms with Crippen LogP contribution < -0.4 is 5.32 Å². The van der Waals surface area contributed by atoms with Gasteiger partial charge in [-0.1, -0.05) is 18.9 Å². The van der Waals surface area contributed by atoms with Crippen LogP contribution in [-0.4, -0.2) is 19.1 Å². The highest BCUT2D eigenvalue weighted by Gasteiger charge is 2.39. The smallest absolute Gasteiger partial charge is 0.226 e. The van der Waals surface area contributed by atoms with Gasteiger partial charge in [0.15, 0.2) is 0 Å². The SMILES string of the molecule is O=C(NC1(c2cccs2)CCCC1)[C@H]1CCOC1. The number of ether oxygens (including phenoxy) is 1. The van der Waals surface area contributed by atoms with Gasteiger partial charge in [-0.05, 0) is 30.7 Å². The van der Waals surface area contributed by atoms with Crippen molar-refractivity contribution in [3.05, 3.63) is 22.4 Å². The van der Waals surface area contributed by atoms with Crippen LogP contribution in [0, 0.1) is 5.92 Å². The molecule has 2 aliphatic rings. The molecule has 1 aliphatic heterocycles. The van der Waals surface area contributed by atoms with Gasteiger partial charge < -0.3 is 10.1 Å². The summed E-state index contributed by atoms with van der Waals surface area (Å²) in [5, 5.41) is 5.43. The van der Waals surface area contributed by atoms with E-state index in [9.17, 15) is 4.79 Å². The van der Waals surface area contributed by atoms with Gasteiger partial charge in [-0.25, -0.2) is 0 Å². The van der Waals surface area contributed by atoms with Crippen LogP contribution in [0.4, 0.5) is 0 Å². The highest BCUT2D eigenvalue weighted by Crippen LogP contribution is 2.41. The molecular weight excluding hydrogens is 246 g/mol. The molecule has 1 aliphatic carbocycles. The van der Waals surface area contributed by atoms with Crippen LogP contribution in [0.5, 0.6) is 0 Å². The number of thiophene rings is 1. The van der Waals surface area contributed by atoms with Crippen molar-refractivity contribution in [2.24, 2.45) is 5.92 Å². The van der Waals surface area contributed by atoms with Crippen molar-refractivity contribution in [2.75, 3.05) is 13.2 Å². The fourth-order valence-corrected chi connectivity index (χ4v) is 3.98. The summed E-state index contributed by atoms with van der Waals surface area (Å²) in [6.07, 6.45) is 5.44. The van der Waals surface area contributed by atoms with Gasteiger partial charge in [0.1, 0.15) is 0 Å². The molecule has 2 fully saturated rings. The summed E-state index contributed by atoms with van der Waals surface area (Å²) in [5.41, 5.74) is -0.0894. The lowest BCUT2D eigenvalue weighted by molar-refractivity contribution is -0.127. The molecule has 1 atom stereocenters. The molecule has 0 bridgehead atoms. The Morgan fingerprint density at radius 3 is 2.89 bits per heavy atom. The summed E-state index contributed by atoms with van der Waals surface area (Å²) in [4.78, 5) is 13.6. The third kappa shape index (κ3) is 2.19. The van der Waals surface area contributed by atoms with Crippen LogP contribution in [-0.2, 0) is 15.1 Å². The first kappa shape index (κ1) is 12.2. The van der Waals surface area contributed by atoms with Crippen molar-refractivity contribution in [1.29, 1.82) is 0 Å². The Kier molecular flexibility index (Phi) is 3.39. The Morgan fingerprint density at radius 2 is 2.28 bits per heavy atom. The number of carbonyl (C=O) groups excluding carboxylic acids is 1.